The highest BCUT2D eigenvalue weighted by atomic mass is 16.5. The number of nitrogens with one attached hydrogen (secondary N) is 1. The van der Waals surface area contributed by atoms with E-state index in [4.69, 9.17) is 4.74 Å². The molecule has 0 spiro atoms. The molecule has 18 heavy (non-hydrogen) atoms. The van der Waals surface area contributed by atoms with Crippen LogP contribution in [0.3, 0.4) is 0 Å². The Morgan fingerprint density at radius 1 is 1.39 bits per heavy atom. The van der Waals surface area contributed by atoms with Crippen LogP contribution in [0.5, 0.6) is 5.75 Å². The maximum atomic E-state index is 5.35. The molecular formula is C15H20N2O. The number of fused-ring (bicyclic) bond motifs is 3. The Morgan fingerprint density at radius 2 is 2.22 bits per heavy atom. The largest absolute Gasteiger partial charge is 0.497 e. The lowest BCUT2D eigenvalue weighted by molar-refractivity contribution is 0.412. The number of rotatable bonds is 2. The highest BCUT2D eigenvalue weighted by Crippen LogP contribution is 2.36. The third kappa shape index (κ3) is 1.54. The SMILES string of the molecule is CNC1CCCn2c1c(C)c1ccc(OC)cc12. The summed E-state index contributed by atoms with van der Waals surface area (Å²) in [5.41, 5.74) is 4.17. The smallest absolute Gasteiger partial charge is 0.120 e. The van der Waals surface area contributed by atoms with Gasteiger partial charge in [0.15, 0.2) is 0 Å². The lowest BCUT2D eigenvalue weighted by atomic mass is 10.0. The van der Waals surface area contributed by atoms with Crippen LogP contribution in [0.15, 0.2) is 18.2 Å². The van der Waals surface area contributed by atoms with E-state index in [1.54, 1.807) is 7.11 Å². The maximum Gasteiger partial charge on any atom is 0.120 e. The average Bonchev–Trinajstić information content (AvgIpc) is 2.72. The first-order chi connectivity index (χ1) is 8.76. The topological polar surface area (TPSA) is 26.2 Å². The van der Waals surface area contributed by atoms with Gasteiger partial charge in [0.05, 0.1) is 12.6 Å². The Bertz CT molecular complexity index is 586. The highest BCUT2D eigenvalue weighted by Gasteiger charge is 2.24. The molecule has 1 aliphatic heterocycles. The Kier molecular flexibility index (Phi) is 2.78. The molecule has 0 bridgehead atoms. The molecule has 1 unspecified atom stereocenters. The molecule has 0 amide bonds. The molecule has 0 fully saturated rings. The fraction of sp³-hybridized carbons (Fsp3) is 0.467. The Hall–Kier alpha value is -1.48. The third-order valence-electron chi connectivity index (χ3n) is 4.13. The summed E-state index contributed by atoms with van der Waals surface area (Å²) in [6.07, 6.45) is 2.46. The van der Waals surface area contributed by atoms with E-state index in [0.717, 1.165) is 12.3 Å². The molecule has 2 heterocycles. The first-order valence-corrected chi connectivity index (χ1v) is 6.60. The number of aryl methyl sites for hydroxylation is 2. The maximum absolute atomic E-state index is 5.35. The zero-order valence-electron chi connectivity index (χ0n) is 11.3. The van der Waals surface area contributed by atoms with Gasteiger partial charge < -0.3 is 14.6 Å². The molecule has 1 atom stereocenters. The van der Waals surface area contributed by atoms with E-state index in [1.807, 2.05) is 0 Å². The number of methoxy groups -OCH3 is 1. The second-order valence-corrected chi connectivity index (χ2v) is 5.03. The van der Waals surface area contributed by atoms with Crippen molar-refractivity contribution in [1.82, 2.24) is 9.88 Å². The normalized spacial score (nSPS) is 18.9. The molecular weight excluding hydrogens is 224 g/mol. The molecule has 1 aromatic carbocycles. The third-order valence-corrected chi connectivity index (χ3v) is 4.13. The van der Waals surface area contributed by atoms with E-state index in [2.05, 4.69) is 42.1 Å². The van der Waals surface area contributed by atoms with Crippen molar-refractivity contribution < 1.29 is 4.74 Å². The number of benzene rings is 1. The van der Waals surface area contributed by atoms with E-state index >= 15 is 0 Å². The predicted molar refractivity (Wildman–Crippen MR) is 74.3 cm³/mol. The first-order valence-electron chi connectivity index (χ1n) is 6.60. The molecule has 0 saturated heterocycles. The number of ether oxygens (including phenoxy) is 1. The monoisotopic (exact) mass is 244 g/mol. The van der Waals surface area contributed by atoms with Gasteiger partial charge in [-0.2, -0.15) is 0 Å². The van der Waals surface area contributed by atoms with Crippen LogP contribution in [0.2, 0.25) is 0 Å². The van der Waals surface area contributed by atoms with Crippen LogP contribution >= 0.6 is 0 Å². The van der Waals surface area contributed by atoms with Crippen molar-refractivity contribution in [2.24, 2.45) is 0 Å². The molecule has 0 saturated carbocycles. The van der Waals surface area contributed by atoms with Gasteiger partial charge in [0.1, 0.15) is 5.75 Å². The van der Waals surface area contributed by atoms with Crippen LogP contribution in [0.1, 0.15) is 30.1 Å². The molecule has 1 aliphatic rings. The average molecular weight is 244 g/mol. The van der Waals surface area contributed by atoms with Gasteiger partial charge in [0.2, 0.25) is 0 Å². The quantitative estimate of drug-likeness (QED) is 0.879. The standard InChI is InChI=1S/C15H20N2O/c1-10-12-7-6-11(18-3)9-14(12)17-8-4-5-13(16-2)15(10)17/h6-7,9,13,16H,4-5,8H2,1-3H3. The van der Waals surface area contributed by atoms with Crippen LogP contribution in [0.25, 0.3) is 10.9 Å². The predicted octanol–water partition coefficient (Wildman–Crippen LogP) is 3.01. The summed E-state index contributed by atoms with van der Waals surface area (Å²) >= 11 is 0. The summed E-state index contributed by atoms with van der Waals surface area (Å²) in [4.78, 5) is 0. The van der Waals surface area contributed by atoms with Gasteiger partial charge >= 0.3 is 0 Å². The van der Waals surface area contributed by atoms with Crippen molar-refractivity contribution in [3.05, 3.63) is 29.5 Å². The summed E-state index contributed by atoms with van der Waals surface area (Å²) in [5.74, 6) is 0.939. The van der Waals surface area contributed by atoms with Gasteiger partial charge in [0.25, 0.3) is 0 Å². The lowest BCUT2D eigenvalue weighted by Gasteiger charge is -2.25. The molecule has 0 aliphatic carbocycles. The molecule has 3 heteroatoms. The molecule has 0 radical (unpaired) electrons. The van der Waals surface area contributed by atoms with E-state index in [0.29, 0.717) is 6.04 Å². The second-order valence-electron chi connectivity index (χ2n) is 5.03. The van der Waals surface area contributed by atoms with Gasteiger partial charge in [-0.25, -0.2) is 0 Å². The van der Waals surface area contributed by atoms with Gasteiger partial charge in [-0.3, -0.25) is 0 Å². The van der Waals surface area contributed by atoms with E-state index < -0.39 is 0 Å². The Morgan fingerprint density at radius 3 is 2.94 bits per heavy atom. The number of hydrogen-bond acceptors (Lipinski definition) is 2. The van der Waals surface area contributed by atoms with Crippen molar-refractivity contribution in [3.63, 3.8) is 0 Å². The zero-order chi connectivity index (χ0) is 12.7. The summed E-state index contributed by atoms with van der Waals surface area (Å²) in [6, 6.07) is 6.87. The van der Waals surface area contributed by atoms with Crippen molar-refractivity contribution in [2.45, 2.75) is 32.4 Å². The van der Waals surface area contributed by atoms with Crippen molar-refractivity contribution >= 4 is 10.9 Å². The molecule has 3 rings (SSSR count). The number of nitrogens with zero attached hydrogens (tertiary/aromatic N) is 1. The zero-order valence-corrected chi connectivity index (χ0v) is 11.3. The second kappa shape index (κ2) is 4.32. The minimum atomic E-state index is 0.483. The number of aromatic nitrogens is 1. The van der Waals surface area contributed by atoms with Gasteiger partial charge in [-0.05, 0) is 44.5 Å². The van der Waals surface area contributed by atoms with Gasteiger partial charge in [0, 0.05) is 29.7 Å². The molecule has 1 N–H and O–H groups in total. The van der Waals surface area contributed by atoms with E-state index in [1.165, 1.54) is 35.0 Å². The summed E-state index contributed by atoms with van der Waals surface area (Å²) in [6.45, 7) is 3.35. The Balaban J connectivity index is 2.28. The van der Waals surface area contributed by atoms with E-state index in [-0.39, 0.29) is 0 Å². The summed E-state index contributed by atoms with van der Waals surface area (Å²) in [7, 11) is 3.78. The summed E-state index contributed by atoms with van der Waals surface area (Å²) < 4.78 is 7.80. The van der Waals surface area contributed by atoms with Gasteiger partial charge in [-0.1, -0.05) is 0 Å². The fourth-order valence-corrected chi connectivity index (χ4v) is 3.21. The summed E-state index contributed by atoms with van der Waals surface area (Å²) in [5, 5.41) is 4.79. The van der Waals surface area contributed by atoms with Crippen LogP contribution in [-0.2, 0) is 6.54 Å². The van der Waals surface area contributed by atoms with Crippen LogP contribution in [0.4, 0.5) is 0 Å². The minimum Gasteiger partial charge on any atom is -0.497 e. The van der Waals surface area contributed by atoms with Crippen LogP contribution in [-0.4, -0.2) is 18.7 Å². The lowest BCUT2D eigenvalue weighted by Crippen LogP contribution is -2.25. The highest BCUT2D eigenvalue weighted by molar-refractivity contribution is 5.87. The molecule has 1 aromatic heterocycles. The molecule has 2 aromatic rings. The molecule has 3 nitrogen and oxygen atoms in total. The minimum absolute atomic E-state index is 0.483. The van der Waals surface area contributed by atoms with Crippen molar-refractivity contribution in [2.75, 3.05) is 14.2 Å². The Labute approximate surface area is 108 Å². The van der Waals surface area contributed by atoms with Crippen LogP contribution < -0.4 is 10.1 Å². The van der Waals surface area contributed by atoms with E-state index in [9.17, 15) is 0 Å². The number of hydrogen-bond donors (Lipinski definition) is 1. The molecule has 96 valence electrons. The first kappa shape index (κ1) is 11.6. The van der Waals surface area contributed by atoms with Gasteiger partial charge in [-0.15, -0.1) is 0 Å². The fourth-order valence-electron chi connectivity index (χ4n) is 3.21. The van der Waals surface area contributed by atoms with Crippen molar-refractivity contribution in [1.29, 1.82) is 0 Å². The van der Waals surface area contributed by atoms with Crippen molar-refractivity contribution in [3.8, 4) is 5.75 Å². The van der Waals surface area contributed by atoms with Crippen LogP contribution in [0, 0.1) is 6.92 Å².